The second-order valence-corrected chi connectivity index (χ2v) is 19.6. The van der Waals surface area contributed by atoms with Gasteiger partial charge < -0.3 is 24.1 Å². The summed E-state index contributed by atoms with van der Waals surface area (Å²) in [6.45, 7) is 25.0. The summed E-state index contributed by atoms with van der Waals surface area (Å²) in [7, 11) is -1.04. The van der Waals surface area contributed by atoms with Crippen molar-refractivity contribution in [2.75, 3.05) is 13.7 Å². The standard InChI is InChI=1S/C27H47BFNO5Si/c1-24(2,3)17-25(4,5)30-23(31)18-16-19(28-34-26(6,7)27(8,9)35-28)20(29)22(32-10)21(18)33-14-15-36(11,12)13/h16H,14-15,17H2,1-13H3,(H,30,31). The van der Waals surface area contributed by atoms with Gasteiger partial charge in [0.25, 0.3) is 5.91 Å². The fourth-order valence-corrected chi connectivity index (χ4v) is 5.19. The molecular weight excluding hydrogens is 476 g/mol. The van der Waals surface area contributed by atoms with Gasteiger partial charge in [0.2, 0.25) is 0 Å². The van der Waals surface area contributed by atoms with Crippen LogP contribution in [0.2, 0.25) is 25.7 Å². The zero-order valence-corrected chi connectivity index (χ0v) is 25.7. The molecule has 0 aliphatic carbocycles. The maximum Gasteiger partial charge on any atom is 0.498 e. The van der Waals surface area contributed by atoms with Crippen molar-refractivity contribution >= 4 is 26.6 Å². The lowest BCUT2D eigenvalue weighted by molar-refractivity contribution is 0.00578. The van der Waals surface area contributed by atoms with Crippen molar-refractivity contribution in [3.63, 3.8) is 0 Å². The van der Waals surface area contributed by atoms with Gasteiger partial charge in [-0.15, -0.1) is 0 Å². The highest BCUT2D eigenvalue weighted by atomic mass is 28.3. The Labute approximate surface area is 219 Å². The van der Waals surface area contributed by atoms with Gasteiger partial charge in [0.05, 0.1) is 30.5 Å². The van der Waals surface area contributed by atoms with Gasteiger partial charge in [-0.1, -0.05) is 40.4 Å². The number of ether oxygens (including phenoxy) is 2. The molecular formula is C27H47BFNO5Si. The lowest BCUT2D eigenvalue weighted by Gasteiger charge is -2.33. The molecule has 0 saturated carbocycles. The Morgan fingerprint density at radius 3 is 2.03 bits per heavy atom. The molecule has 0 radical (unpaired) electrons. The molecule has 36 heavy (non-hydrogen) atoms. The van der Waals surface area contributed by atoms with E-state index >= 15 is 4.39 Å². The molecule has 6 nitrogen and oxygen atoms in total. The Kier molecular flexibility index (Phi) is 8.76. The lowest BCUT2D eigenvalue weighted by Crippen LogP contribution is -2.46. The molecule has 1 heterocycles. The molecule has 204 valence electrons. The number of benzene rings is 1. The van der Waals surface area contributed by atoms with Gasteiger partial charge in [-0.3, -0.25) is 4.79 Å². The van der Waals surface area contributed by atoms with Crippen molar-refractivity contribution in [2.24, 2.45) is 5.41 Å². The Morgan fingerprint density at radius 1 is 1.06 bits per heavy atom. The summed E-state index contributed by atoms with van der Waals surface area (Å²) in [4.78, 5) is 13.7. The second-order valence-electron chi connectivity index (χ2n) is 14.0. The third-order valence-corrected chi connectivity index (χ3v) is 8.39. The van der Waals surface area contributed by atoms with Crippen LogP contribution in [-0.4, -0.2) is 51.6 Å². The molecule has 0 bridgehead atoms. The summed E-state index contributed by atoms with van der Waals surface area (Å²) in [6, 6.07) is 2.35. The van der Waals surface area contributed by atoms with E-state index in [1.165, 1.54) is 13.2 Å². The molecule has 2 rings (SSSR count). The van der Waals surface area contributed by atoms with Gasteiger partial charge in [0.1, 0.15) is 0 Å². The molecule has 0 aromatic heterocycles. The Hall–Kier alpha value is -1.58. The summed E-state index contributed by atoms with van der Waals surface area (Å²) in [5, 5.41) is 3.13. The van der Waals surface area contributed by atoms with Crippen LogP contribution < -0.4 is 20.3 Å². The van der Waals surface area contributed by atoms with Gasteiger partial charge in [-0.2, -0.15) is 0 Å². The minimum atomic E-state index is -1.43. The van der Waals surface area contributed by atoms with Crippen LogP contribution in [0.4, 0.5) is 4.39 Å². The first-order valence-electron chi connectivity index (χ1n) is 12.8. The van der Waals surface area contributed by atoms with Gasteiger partial charge in [-0.25, -0.2) is 4.39 Å². The normalized spacial score (nSPS) is 17.8. The van der Waals surface area contributed by atoms with E-state index in [4.69, 9.17) is 18.8 Å². The van der Waals surface area contributed by atoms with Crippen LogP contribution >= 0.6 is 0 Å². The average molecular weight is 524 g/mol. The summed E-state index contributed by atoms with van der Waals surface area (Å²) < 4.78 is 39.7. The molecule has 1 N–H and O–H groups in total. The van der Waals surface area contributed by atoms with E-state index in [1.807, 2.05) is 41.5 Å². The summed E-state index contributed by atoms with van der Waals surface area (Å²) in [5.41, 5.74) is -1.52. The Balaban J connectivity index is 2.59. The van der Waals surface area contributed by atoms with Crippen LogP contribution in [0.5, 0.6) is 11.5 Å². The zero-order chi connectivity index (χ0) is 27.9. The summed E-state index contributed by atoms with van der Waals surface area (Å²) in [6.07, 6.45) is 0.750. The first-order chi connectivity index (χ1) is 16.1. The van der Waals surface area contributed by atoms with Gasteiger partial charge in [0, 0.05) is 19.1 Å². The van der Waals surface area contributed by atoms with E-state index in [1.54, 1.807) is 0 Å². The smallest absolute Gasteiger partial charge is 0.490 e. The van der Waals surface area contributed by atoms with Gasteiger partial charge in [0.15, 0.2) is 17.3 Å². The summed E-state index contributed by atoms with van der Waals surface area (Å²) in [5.74, 6) is -1.01. The van der Waals surface area contributed by atoms with Crippen molar-refractivity contribution in [2.45, 2.75) is 111 Å². The highest BCUT2D eigenvalue weighted by Gasteiger charge is 2.53. The minimum absolute atomic E-state index is 0.00177. The van der Waals surface area contributed by atoms with E-state index in [-0.39, 0.29) is 33.8 Å². The van der Waals surface area contributed by atoms with Crippen LogP contribution in [0.25, 0.3) is 0 Å². The van der Waals surface area contributed by atoms with Crippen molar-refractivity contribution < 1.29 is 28.0 Å². The molecule has 1 fully saturated rings. The fourth-order valence-electron chi connectivity index (χ4n) is 4.48. The largest absolute Gasteiger partial charge is 0.498 e. The predicted octanol–water partition coefficient (Wildman–Crippen LogP) is 5.80. The Bertz CT molecular complexity index is 950. The number of hydrogen-bond donors (Lipinski definition) is 1. The third-order valence-electron chi connectivity index (χ3n) is 6.68. The minimum Gasteiger partial charge on any atom is -0.490 e. The van der Waals surface area contributed by atoms with Crippen molar-refractivity contribution in [1.82, 2.24) is 5.32 Å². The molecule has 1 aliphatic rings. The highest BCUT2D eigenvalue weighted by molar-refractivity contribution is 6.76. The topological polar surface area (TPSA) is 66.0 Å². The molecule has 0 atom stereocenters. The van der Waals surface area contributed by atoms with Crippen molar-refractivity contribution in [3.05, 3.63) is 17.4 Å². The number of methoxy groups -OCH3 is 1. The molecule has 1 aromatic carbocycles. The predicted molar refractivity (Wildman–Crippen MR) is 148 cm³/mol. The molecule has 9 heteroatoms. The number of carbonyl (C=O) groups excluding carboxylic acids is 1. The number of hydrogen-bond acceptors (Lipinski definition) is 5. The Morgan fingerprint density at radius 2 is 1.58 bits per heavy atom. The van der Waals surface area contributed by atoms with E-state index < -0.39 is 37.8 Å². The molecule has 1 saturated heterocycles. The highest BCUT2D eigenvalue weighted by Crippen LogP contribution is 2.39. The van der Waals surface area contributed by atoms with Gasteiger partial charge >= 0.3 is 7.12 Å². The van der Waals surface area contributed by atoms with Crippen molar-refractivity contribution in [3.8, 4) is 11.5 Å². The summed E-state index contributed by atoms with van der Waals surface area (Å²) >= 11 is 0. The SMILES string of the molecule is COc1c(F)c(B2OC(C)(C)C(C)(C)O2)cc(C(=O)NC(C)(C)CC(C)(C)C)c1OCC[Si](C)(C)C. The second kappa shape index (κ2) is 10.3. The van der Waals surface area contributed by atoms with Crippen LogP contribution in [0, 0.1) is 11.2 Å². The first-order valence-corrected chi connectivity index (χ1v) is 16.5. The number of amides is 1. The van der Waals surface area contributed by atoms with Gasteiger partial charge in [-0.05, 0) is 65.5 Å². The van der Waals surface area contributed by atoms with Crippen LogP contribution in [-0.2, 0) is 9.31 Å². The van der Waals surface area contributed by atoms with E-state index in [0.29, 0.717) is 6.61 Å². The van der Waals surface area contributed by atoms with E-state index in [2.05, 4.69) is 45.7 Å². The zero-order valence-electron chi connectivity index (χ0n) is 24.7. The number of nitrogens with one attached hydrogen (secondary N) is 1. The first kappa shape index (κ1) is 30.6. The molecule has 1 amide bonds. The number of carbonyl (C=O) groups is 1. The van der Waals surface area contributed by atoms with E-state index in [9.17, 15) is 4.79 Å². The van der Waals surface area contributed by atoms with E-state index in [0.717, 1.165) is 12.5 Å². The number of halogens is 1. The molecule has 0 spiro atoms. The number of rotatable bonds is 9. The quantitative estimate of drug-likeness (QED) is 0.415. The average Bonchev–Trinajstić information content (AvgIpc) is 2.85. The molecule has 1 aliphatic heterocycles. The lowest BCUT2D eigenvalue weighted by atomic mass is 9.77. The fraction of sp³-hybridized carbons (Fsp3) is 0.741. The maximum atomic E-state index is 15.9. The van der Waals surface area contributed by atoms with Crippen LogP contribution in [0.15, 0.2) is 6.07 Å². The third kappa shape index (κ3) is 7.48. The molecule has 1 aromatic rings. The van der Waals surface area contributed by atoms with Crippen molar-refractivity contribution in [1.29, 1.82) is 0 Å². The maximum absolute atomic E-state index is 15.9. The van der Waals surface area contributed by atoms with Crippen LogP contribution in [0.3, 0.4) is 0 Å². The van der Waals surface area contributed by atoms with Crippen LogP contribution in [0.1, 0.15) is 79.1 Å². The molecule has 0 unspecified atom stereocenters. The monoisotopic (exact) mass is 523 g/mol.